The lowest BCUT2D eigenvalue weighted by molar-refractivity contribution is -0.152. The first-order valence-corrected chi connectivity index (χ1v) is 14.0. The van der Waals surface area contributed by atoms with Crippen molar-refractivity contribution in [2.75, 3.05) is 6.61 Å². The maximum atomic E-state index is 12.7. The lowest BCUT2D eigenvalue weighted by Gasteiger charge is -2.19. The van der Waals surface area contributed by atoms with E-state index in [4.69, 9.17) is 21.4 Å². The van der Waals surface area contributed by atoms with Crippen molar-refractivity contribution in [3.8, 4) is 17.0 Å². The predicted molar refractivity (Wildman–Crippen MR) is 149 cm³/mol. The number of carbonyl (C=O) groups excluding carboxylic acids is 1. The van der Waals surface area contributed by atoms with Gasteiger partial charge in [0.05, 0.1) is 23.1 Å². The average Bonchev–Trinajstić information content (AvgIpc) is 2.77. The number of hydrogen-bond donors (Lipinski definition) is 1. The van der Waals surface area contributed by atoms with E-state index in [1.165, 1.54) is 6.07 Å². The summed E-state index contributed by atoms with van der Waals surface area (Å²) in [4.78, 5) is 16.2. The molecule has 0 aliphatic carbocycles. The van der Waals surface area contributed by atoms with Crippen LogP contribution in [0.3, 0.4) is 0 Å². The number of halogens is 4. The number of fused-ring (bicyclic) bond motifs is 1. The molecule has 1 aromatic heterocycles. The molecule has 0 spiro atoms. The summed E-state index contributed by atoms with van der Waals surface area (Å²) in [6.07, 6.45) is 0.363. The predicted octanol–water partition coefficient (Wildman–Crippen LogP) is 7.00. The molecule has 0 atom stereocenters. The molecular formula is C28H33ClF3NO6S. The van der Waals surface area contributed by atoms with Crippen molar-refractivity contribution in [2.24, 2.45) is 5.41 Å². The lowest BCUT2D eigenvalue weighted by Crippen LogP contribution is -2.28. The molecule has 0 bridgehead atoms. The van der Waals surface area contributed by atoms with Crippen molar-refractivity contribution >= 4 is 38.6 Å². The van der Waals surface area contributed by atoms with Crippen molar-refractivity contribution in [2.45, 2.75) is 66.0 Å². The molecule has 3 rings (SSSR count). The van der Waals surface area contributed by atoms with Gasteiger partial charge in [0.25, 0.3) is 0 Å². The summed E-state index contributed by atoms with van der Waals surface area (Å²) >= 11 is 6.03. The number of pyridine rings is 1. The maximum absolute atomic E-state index is 12.7. The van der Waals surface area contributed by atoms with E-state index in [1.54, 1.807) is 78.8 Å². The first-order valence-electron chi connectivity index (χ1n) is 12.2. The van der Waals surface area contributed by atoms with Gasteiger partial charge in [-0.05, 0) is 95.0 Å². The molecule has 220 valence electrons. The highest BCUT2D eigenvalue weighted by atomic mass is 35.5. The monoisotopic (exact) mass is 603 g/mol. The van der Waals surface area contributed by atoms with Crippen molar-refractivity contribution in [3.63, 3.8) is 0 Å². The Balaban J connectivity index is 0.00000103. The molecule has 1 heterocycles. The summed E-state index contributed by atoms with van der Waals surface area (Å²) in [6, 6.07) is 11.0. The van der Waals surface area contributed by atoms with Gasteiger partial charge in [-0.15, -0.1) is 0 Å². The zero-order valence-electron chi connectivity index (χ0n) is 23.3. The molecule has 0 fully saturated rings. The molecule has 0 saturated carbocycles. The number of rotatable bonds is 6. The van der Waals surface area contributed by atoms with Gasteiger partial charge in [0, 0.05) is 22.9 Å². The molecule has 2 aromatic carbocycles. The van der Waals surface area contributed by atoms with Gasteiger partial charge >= 0.3 is 21.6 Å². The van der Waals surface area contributed by atoms with Crippen LogP contribution in [0.1, 0.15) is 52.7 Å². The number of hydrogen-bond acceptors (Lipinski definition) is 7. The first-order chi connectivity index (χ1) is 18.1. The Kier molecular flexibility index (Phi) is 10.3. The Hall–Kier alpha value is -2.89. The SMILES string of the molecule is CC(C)(C)O.Cc1cc2nc(OS(=O)(=O)C(F)(F)F)ccc2c(-c2ccc(Cl)cc2)c1CCOC(=O)C(C)(C)C. The third-order valence-corrected chi connectivity index (χ3v) is 6.32. The van der Waals surface area contributed by atoms with E-state index in [2.05, 4.69) is 9.17 Å². The highest BCUT2D eigenvalue weighted by molar-refractivity contribution is 7.87. The number of alkyl halides is 3. The van der Waals surface area contributed by atoms with E-state index in [0.29, 0.717) is 22.4 Å². The van der Waals surface area contributed by atoms with Crippen LogP contribution >= 0.6 is 11.6 Å². The molecule has 0 aliphatic rings. The van der Waals surface area contributed by atoms with Crippen LogP contribution in [0.4, 0.5) is 13.2 Å². The van der Waals surface area contributed by atoms with Crippen LogP contribution in [-0.4, -0.2) is 42.2 Å². The number of carbonyl (C=O) groups is 1. The quantitative estimate of drug-likeness (QED) is 0.184. The molecule has 0 unspecified atom stereocenters. The van der Waals surface area contributed by atoms with Crippen LogP contribution in [0.5, 0.6) is 5.88 Å². The fourth-order valence-corrected chi connectivity index (χ4v) is 3.90. The van der Waals surface area contributed by atoms with Crippen molar-refractivity contribution in [3.05, 3.63) is 58.6 Å². The summed E-state index contributed by atoms with van der Waals surface area (Å²) in [5, 5.41) is 9.58. The fraction of sp³-hybridized carbons (Fsp3) is 0.429. The number of ether oxygens (including phenoxy) is 1. The second-order valence-corrected chi connectivity index (χ2v) is 13.0. The first kappa shape index (κ1) is 33.3. The van der Waals surface area contributed by atoms with Gasteiger partial charge in [-0.2, -0.15) is 21.6 Å². The number of aliphatic hydroxyl groups is 1. The summed E-state index contributed by atoms with van der Waals surface area (Å²) in [7, 11) is -5.86. The Morgan fingerprint density at radius 1 is 1.00 bits per heavy atom. The summed E-state index contributed by atoms with van der Waals surface area (Å²) < 4.78 is 70.6. The normalized spacial score (nSPS) is 12.5. The summed E-state index contributed by atoms with van der Waals surface area (Å²) in [5.74, 6) is -1.05. The lowest BCUT2D eigenvalue weighted by atomic mass is 9.90. The molecule has 0 radical (unpaired) electrons. The Morgan fingerprint density at radius 2 is 1.55 bits per heavy atom. The fourth-order valence-electron chi connectivity index (χ4n) is 3.37. The topological polar surface area (TPSA) is 103 Å². The smallest absolute Gasteiger partial charge is 0.465 e. The minimum absolute atomic E-state index is 0.113. The minimum Gasteiger partial charge on any atom is -0.465 e. The van der Waals surface area contributed by atoms with E-state index in [1.807, 2.05) is 0 Å². The zero-order chi connectivity index (χ0) is 30.7. The number of esters is 1. The zero-order valence-corrected chi connectivity index (χ0v) is 24.9. The summed E-state index contributed by atoms with van der Waals surface area (Å²) in [6.45, 7) is 12.4. The molecule has 0 saturated heterocycles. The summed E-state index contributed by atoms with van der Waals surface area (Å²) in [5.41, 5.74) is -3.49. The number of aromatic nitrogens is 1. The third-order valence-electron chi connectivity index (χ3n) is 5.11. The van der Waals surface area contributed by atoms with Gasteiger partial charge in [-0.25, -0.2) is 4.98 Å². The van der Waals surface area contributed by atoms with Gasteiger partial charge in [0.2, 0.25) is 5.88 Å². The van der Waals surface area contributed by atoms with Crippen molar-refractivity contribution in [1.82, 2.24) is 4.98 Å². The third kappa shape index (κ3) is 9.35. The highest BCUT2D eigenvalue weighted by Gasteiger charge is 2.48. The Bertz CT molecular complexity index is 1450. The molecule has 40 heavy (non-hydrogen) atoms. The van der Waals surface area contributed by atoms with Crippen molar-refractivity contribution in [1.29, 1.82) is 0 Å². The molecule has 1 N–H and O–H groups in total. The van der Waals surface area contributed by atoms with E-state index < -0.39 is 32.5 Å². The largest absolute Gasteiger partial charge is 0.534 e. The Labute approximate surface area is 237 Å². The highest BCUT2D eigenvalue weighted by Crippen LogP contribution is 2.36. The van der Waals surface area contributed by atoms with Gasteiger partial charge < -0.3 is 14.0 Å². The molecular weight excluding hydrogens is 571 g/mol. The van der Waals surface area contributed by atoms with Crippen LogP contribution < -0.4 is 4.18 Å². The molecule has 12 heteroatoms. The van der Waals surface area contributed by atoms with Crippen LogP contribution in [-0.2, 0) is 26.1 Å². The Morgan fingerprint density at radius 3 is 2.05 bits per heavy atom. The van der Waals surface area contributed by atoms with Crippen LogP contribution in [0, 0.1) is 12.3 Å². The molecule has 0 aliphatic heterocycles. The van der Waals surface area contributed by atoms with Gasteiger partial charge in [-0.3, -0.25) is 4.79 Å². The second-order valence-electron chi connectivity index (χ2n) is 11.1. The molecule has 3 aromatic rings. The average molecular weight is 604 g/mol. The maximum Gasteiger partial charge on any atom is 0.534 e. The van der Waals surface area contributed by atoms with E-state index in [9.17, 15) is 26.4 Å². The number of aryl methyl sites for hydroxylation is 1. The van der Waals surface area contributed by atoms with Gasteiger partial charge in [0.1, 0.15) is 0 Å². The second kappa shape index (κ2) is 12.3. The van der Waals surface area contributed by atoms with Crippen LogP contribution in [0.2, 0.25) is 5.02 Å². The van der Waals surface area contributed by atoms with Gasteiger partial charge in [-0.1, -0.05) is 23.7 Å². The van der Waals surface area contributed by atoms with E-state index in [-0.39, 0.29) is 18.1 Å². The van der Waals surface area contributed by atoms with Crippen molar-refractivity contribution < 1.29 is 40.4 Å². The minimum atomic E-state index is -5.86. The van der Waals surface area contributed by atoms with Crippen LogP contribution in [0.15, 0.2) is 42.5 Å². The van der Waals surface area contributed by atoms with Gasteiger partial charge in [0.15, 0.2) is 0 Å². The molecule has 0 amide bonds. The number of nitrogens with zero attached hydrogens (tertiary/aromatic N) is 1. The number of benzene rings is 2. The standard InChI is InChI=1S/C24H23ClF3NO5S.C4H10O/c1-14-13-19-18(9-10-20(29-19)34-35(31,32)24(26,27)28)21(15-5-7-16(25)8-6-15)17(14)11-12-33-22(30)23(2,3)4;1-4(2,3)5/h5-10,13H,11-12H2,1-4H3;5H,1-3H3. The van der Waals surface area contributed by atoms with Crippen LogP contribution in [0.25, 0.3) is 22.0 Å². The molecule has 7 nitrogen and oxygen atoms in total. The van der Waals surface area contributed by atoms with E-state index >= 15 is 0 Å². The van der Waals surface area contributed by atoms with E-state index in [0.717, 1.165) is 22.8 Å².